The number of rotatable bonds is 2. The van der Waals surface area contributed by atoms with Crippen LogP contribution in [0.2, 0.25) is 5.09 Å². The Kier molecular flexibility index (Phi) is 24.0. The molecule has 2 nitrogen and oxygen atoms in total. The van der Waals surface area contributed by atoms with Gasteiger partial charge in [0.1, 0.15) is 0 Å². The van der Waals surface area contributed by atoms with Crippen LogP contribution in [0.25, 0.3) is 0 Å². The van der Waals surface area contributed by atoms with Crippen LogP contribution in [0.1, 0.15) is 19.8 Å². The van der Waals surface area contributed by atoms with Gasteiger partial charge >= 0.3 is 42.6 Å². The third kappa shape index (κ3) is 21.0. The second kappa shape index (κ2) is 16.0. The molecule has 0 aliphatic carbocycles. The Labute approximate surface area is 53.7 Å². The van der Waals surface area contributed by atoms with Gasteiger partial charge in [-0.25, -0.2) is 0 Å². The molecule has 0 unspecified atom stereocenters. The van der Waals surface area contributed by atoms with Crippen LogP contribution in [0.5, 0.6) is 0 Å². The van der Waals surface area contributed by atoms with Gasteiger partial charge < -0.3 is 0 Å². The van der Waals surface area contributed by atoms with Crippen molar-refractivity contribution in [1.82, 2.24) is 0 Å². The molecule has 2 N–H and O–H groups in total. The van der Waals surface area contributed by atoms with E-state index in [1.54, 1.807) is 0 Å². The first kappa shape index (κ1) is 10.5. The second-order valence-corrected chi connectivity index (χ2v) is 1.35. The van der Waals surface area contributed by atoms with E-state index in [0.29, 0.717) is 0 Å². The fraction of sp³-hybridized carbons (Fsp3) is 1.00. The number of unbranched alkanes of at least 4 members (excludes halogenated alkanes) is 1. The van der Waals surface area contributed by atoms with Crippen molar-refractivity contribution >= 4 is 17.7 Å². The van der Waals surface area contributed by atoms with E-state index in [-0.39, 0.29) is 0 Å². The summed E-state index contributed by atoms with van der Waals surface area (Å²) in [6.07, 6.45) is 2.73. The third-order valence-corrected chi connectivity index (χ3v) is 0.707. The molecule has 0 radical (unpaired) electrons. The summed E-state index contributed by atoms with van der Waals surface area (Å²) in [5.41, 5.74) is 0. The average molecular weight is 98.1 g/mol. The van der Waals surface area contributed by atoms with Gasteiger partial charge in [-0.05, 0) is 0 Å². The van der Waals surface area contributed by atoms with E-state index in [2.05, 4.69) is 24.6 Å². The number of hydrogen-bond donors (Lipinski definition) is 2. The van der Waals surface area contributed by atoms with Crippen LogP contribution in [-0.4, -0.2) is 28.2 Å². The summed E-state index contributed by atoms with van der Waals surface area (Å²) < 4.78 is 0. The molecule has 0 heterocycles. The number of hydrogen-bond acceptors (Lipinski definition) is 2. The molecule has 0 aliphatic heterocycles. The standard InChI is InChI=1S/C4H9.Li.H2O2/c1-3-4-2;;1-2/h1,3-4H2,2H3;;1-2H. The van der Waals surface area contributed by atoms with E-state index in [0.717, 1.165) is 0 Å². The summed E-state index contributed by atoms with van der Waals surface area (Å²) in [5, 5.41) is 13.3. The minimum atomic E-state index is 1.34. The van der Waals surface area contributed by atoms with Crippen molar-refractivity contribution < 1.29 is 10.5 Å². The van der Waals surface area contributed by atoms with Gasteiger partial charge in [0, 0.05) is 0 Å². The summed E-state index contributed by atoms with van der Waals surface area (Å²) in [7, 11) is 0. The summed E-state index contributed by atoms with van der Waals surface area (Å²) in [6.45, 7) is 2.21. The molecule has 0 saturated heterocycles. The molecule has 0 saturated carbocycles. The van der Waals surface area contributed by atoms with Crippen molar-refractivity contribution in [2.75, 3.05) is 0 Å². The van der Waals surface area contributed by atoms with Gasteiger partial charge in [-0.2, -0.15) is 0 Å². The first-order valence-corrected chi connectivity index (χ1v) is 2.61. The molecule has 0 rings (SSSR count). The summed E-state index contributed by atoms with van der Waals surface area (Å²) in [5.74, 6) is 0. The Hall–Kier alpha value is 0.517. The maximum atomic E-state index is 6.00. The van der Waals surface area contributed by atoms with Gasteiger partial charge in [0.15, 0.2) is 0 Å². The fourth-order valence-corrected chi connectivity index (χ4v) is 0.354. The predicted octanol–water partition coefficient (Wildman–Crippen LogP) is 1.39. The van der Waals surface area contributed by atoms with Gasteiger partial charge in [-0.1, -0.05) is 0 Å². The molecule has 0 fully saturated rings. The Balaban J connectivity index is 0. The molecule has 0 spiro atoms. The van der Waals surface area contributed by atoms with E-state index in [1.807, 2.05) is 0 Å². The average Bonchev–Trinajstić information content (AvgIpc) is 1.75. The van der Waals surface area contributed by atoms with Crippen molar-refractivity contribution in [1.29, 1.82) is 0 Å². The molecule has 0 atom stereocenters. The van der Waals surface area contributed by atoms with E-state index in [1.165, 1.54) is 17.9 Å². The SMILES string of the molecule is OO.[Li][CH2]CCC. The van der Waals surface area contributed by atoms with Gasteiger partial charge in [-0.15, -0.1) is 0 Å². The third-order valence-electron chi connectivity index (χ3n) is 0.707. The molecule has 7 heavy (non-hydrogen) atoms. The molecule has 0 aromatic carbocycles. The van der Waals surface area contributed by atoms with E-state index >= 15 is 0 Å². The van der Waals surface area contributed by atoms with Crippen LogP contribution in [0.3, 0.4) is 0 Å². The molecule has 0 aliphatic rings. The van der Waals surface area contributed by atoms with Gasteiger partial charge in [0.25, 0.3) is 0 Å². The zero-order chi connectivity index (χ0) is 6.12. The summed E-state index contributed by atoms with van der Waals surface area (Å²) in [4.78, 5) is 0. The quantitative estimate of drug-likeness (QED) is 0.311. The Morgan fingerprint density at radius 3 is 1.86 bits per heavy atom. The fourth-order valence-electron chi connectivity index (χ4n) is 0.354. The Morgan fingerprint density at radius 1 is 1.43 bits per heavy atom. The molecule has 0 bridgehead atoms. The van der Waals surface area contributed by atoms with Gasteiger partial charge in [0.05, 0.1) is 0 Å². The van der Waals surface area contributed by atoms with Crippen LogP contribution in [0, 0.1) is 0 Å². The van der Waals surface area contributed by atoms with Crippen molar-refractivity contribution in [3.8, 4) is 0 Å². The summed E-state index contributed by atoms with van der Waals surface area (Å²) in [6, 6.07) is 0. The predicted molar refractivity (Wildman–Crippen MR) is 30.7 cm³/mol. The zero-order valence-electron chi connectivity index (χ0n) is 5.02. The van der Waals surface area contributed by atoms with Crippen LogP contribution in [-0.2, 0) is 0 Å². The van der Waals surface area contributed by atoms with Gasteiger partial charge in [-0.3, -0.25) is 10.5 Å². The molecule has 3 heteroatoms. The van der Waals surface area contributed by atoms with Crippen molar-refractivity contribution in [3.63, 3.8) is 0 Å². The van der Waals surface area contributed by atoms with Gasteiger partial charge in [0.2, 0.25) is 0 Å². The molecule has 0 aromatic heterocycles. The second-order valence-electron chi connectivity index (χ2n) is 1.35. The van der Waals surface area contributed by atoms with E-state index < -0.39 is 0 Å². The van der Waals surface area contributed by atoms with Crippen molar-refractivity contribution in [3.05, 3.63) is 0 Å². The molecular weight excluding hydrogens is 87.0 g/mol. The Morgan fingerprint density at radius 2 is 1.86 bits per heavy atom. The van der Waals surface area contributed by atoms with Crippen LogP contribution >= 0.6 is 0 Å². The van der Waals surface area contributed by atoms with Crippen molar-refractivity contribution in [2.45, 2.75) is 24.9 Å². The van der Waals surface area contributed by atoms with E-state index in [9.17, 15) is 0 Å². The monoisotopic (exact) mass is 98.1 g/mol. The summed E-state index contributed by atoms with van der Waals surface area (Å²) >= 11 is 2.21. The normalized spacial score (nSPS) is 7.00. The molecule has 40 valence electrons. The molecule has 0 aromatic rings. The first-order chi connectivity index (χ1) is 3.41. The zero-order valence-corrected chi connectivity index (χ0v) is 5.02. The van der Waals surface area contributed by atoms with Crippen LogP contribution < -0.4 is 0 Å². The molecule has 0 amide bonds. The topological polar surface area (TPSA) is 40.5 Å². The minimum absolute atomic E-state index is 1.34. The molecular formula is C4H11LiO2. The van der Waals surface area contributed by atoms with E-state index in [4.69, 9.17) is 10.5 Å². The van der Waals surface area contributed by atoms with Crippen LogP contribution in [0.15, 0.2) is 0 Å². The first-order valence-electron chi connectivity index (χ1n) is 2.61. The maximum absolute atomic E-state index is 6.00. The van der Waals surface area contributed by atoms with Crippen LogP contribution in [0.4, 0.5) is 0 Å². The van der Waals surface area contributed by atoms with Crippen molar-refractivity contribution in [2.24, 2.45) is 0 Å². The Bertz CT molecular complexity index is 17.2.